The van der Waals surface area contributed by atoms with E-state index in [1.54, 1.807) is 37.3 Å². The lowest BCUT2D eigenvalue weighted by Gasteiger charge is -2.27. The maximum atomic E-state index is 13.1. The van der Waals surface area contributed by atoms with Gasteiger partial charge in [0.2, 0.25) is 10.0 Å². The molecule has 1 aliphatic rings. The normalized spacial score (nSPS) is 15.2. The molecule has 0 radical (unpaired) electrons. The Morgan fingerprint density at radius 1 is 1.21 bits per heavy atom. The summed E-state index contributed by atoms with van der Waals surface area (Å²) in [6.45, 7) is 3.26. The van der Waals surface area contributed by atoms with Crippen LogP contribution >= 0.6 is 0 Å². The number of anilines is 2. The molecule has 0 aliphatic carbocycles. The number of benzene rings is 2. The van der Waals surface area contributed by atoms with Crippen molar-refractivity contribution in [2.75, 3.05) is 38.2 Å². The first kappa shape index (κ1) is 20.1. The van der Waals surface area contributed by atoms with Crippen molar-refractivity contribution in [2.45, 2.75) is 11.8 Å². The summed E-state index contributed by atoms with van der Waals surface area (Å²) in [6, 6.07) is 10.8. The van der Waals surface area contributed by atoms with E-state index in [0.717, 1.165) is 0 Å². The number of nitrogens with zero attached hydrogens (tertiary/aromatic N) is 2. The molecule has 1 fully saturated rings. The molecular weight excluding hydrogens is 386 g/mol. The third-order valence-electron chi connectivity index (χ3n) is 4.21. The topological polar surface area (TPSA) is 111 Å². The van der Waals surface area contributed by atoms with Crippen molar-refractivity contribution in [1.29, 1.82) is 0 Å². The van der Waals surface area contributed by atoms with E-state index in [0.29, 0.717) is 25.5 Å². The van der Waals surface area contributed by atoms with Crippen molar-refractivity contribution < 1.29 is 22.8 Å². The number of ether oxygens (including phenoxy) is 2. The van der Waals surface area contributed by atoms with E-state index < -0.39 is 14.9 Å². The van der Waals surface area contributed by atoms with Crippen LogP contribution in [0.15, 0.2) is 47.4 Å². The first-order valence-corrected chi connectivity index (χ1v) is 10.2. The molecule has 2 aromatic rings. The lowest BCUT2D eigenvalue weighted by Crippen LogP contribution is -2.40. The zero-order chi connectivity index (χ0) is 20.1. The van der Waals surface area contributed by atoms with E-state index in [9.17, 15) is 18.5 Å². The van der Waals surface area contributed by atoms with Gasteiger partial charge in [0.1, 0.15) is 16.3 Å². The standard InChI is InChI=1S/C18H21N3O6S/c1-2-27-17-8-7-14(19-15-5-3-4-6-16(15)21(22)23)13-18(17)28(24,25)20-9-11-26-12-10-20/h3-8,13,19H,2,9-12H2,1H3. The van der Waals surface area contributed by atoms with Crippen molar-refractivity contribution in [2.24, 2.45) is 0 Å². The minimum Gasteiger partial charge on any atom is -0.492 e. The highest BCUT2D eigenvalue weighted by atomic mass is 32.2. The molecule has 0 bridgehead atoms. The lowest BCUT2D eigenvalue weighted by molar-refractivity contribution is -0.383. The van der Waals surface area contributed by atoms with Gasteiger partial charge in [-0.25, -0.2) is 8.42 Å². The number of sulfonamides is 1. The van der Waals surface area contributed by atoms with Crippen LogP contribution in [0.5, 0.6) is 5.75 Å². The van der Waals surface area contributed by atoms with Crippen LogP contribution in [0.4, 0.5) is 17.1 Å². The number of hydrogen-bond donors (Lipinski definition) is 1. The molecule has 9 nitrogen and oxygen atoms in total. The minimum atomic E-state index is -3.80. The first-order chi connectivity index (χ1) is 13.4. The fraction of sp³-hybridized carbons (Fsp3) is 0.333. The Bertz CT molecular complexity index is 958. The maximum Gasteiger partial charge on any atom is 0.292 e. The van der Waals surface area contributed by atoms with Crippen molar-refractivity contribution in [3.8, 4) is 5.75 Å². The van der Waals surface area contributed by atoms with Gasteiger partial charge in [-0.15, -0.1) is 0 Å². The molecular formula is C18H21N3O6S. The van der Waals surface area contributed by atoms with E-state index in [2.05, 4.69) is 5.32 Å². The van der Waals surface area contributed by atoms with Gasteiger partial charge in [0.25, 0.3) is 5.69 Å². The molecule has 1 aliphatic heterocycles. The van der Waals surface area contributed by atoms with Crippen LogP contribution in [0.25, 0.3) is 0 Å². The van der Waals surface area contributed by atoms with Gasteiger partial charge >= 0.3 is 0 Å². The molecule has 28 heavy (non-hydrogen) atoms. The Kier molecular flexibility index (Phi) is 6.12. The van der Waals surface area contributed by atoms with Gasteiger partial charge in [-0.1, -0.05) is 12.1 Å². The van der Waals surface area contributed by atoms with Crippen LogP contribution in [-0.4, -0.2) is 50.6 Å². The molecule has 150 valence electrons. The number of para-hydroxylation sites is 2. The average molecular weight is 407 g/mol. The van der Waals surface area contributed by atoms with Gasteiger partial charge in [0.05, 0.1) is 24.7 Å². The van der Waals surface area contributed by atoms with E-state index in [4.69, 9.17) is 9.47 Å². The van der Waals surface area contributed by atoms with Crippen LogP contribution in [-0.2, 0) is 14.8 Å². The molecule has 2 aromatic carbocycles. The summed E-state index contributed by atoms with van der Waals surface area (Å²) in [5.41, 5.74) is 0.574. The Balaban J connectivity index is 1.99. The second-order valence-corrected chi connectivity index (χ2v) is 7.92. The average Bonchev–Trinajstić information content (AvgIpc) is 2.70. The van der Waals surface area contributed by atoms with Crippen molar-refractivity contribution in [3.05, 3.63) is 52.6 Å². The van der Waals surface area contributed by atoms with E-state index in [-0.39, 0.29) is 35.1 Å². The predicted molar refractivity (Wildman–Crippen MR) is 104 cm³/mol. The van der Waals surface area contributed by atoms with Crippen LogP contribution in [0.2, 0.25) is 0 Å². The Labute approximate surface area is 163 Å². The van der Waals surface area contributed by atoms with Crippen LogP contribution < -0.4 is 10.1 Å². The number of rotatable bonds is 7. The van der Waals surface area contributed by atoms with Crippen molar-refractivity contribution in [3.63, 3.8) is 0 Å². The summed E-state index contributed by atoms with van der Waals surface area (Å²) in [5.74, 6) is 0.238. The summed E-state index contributed by atoms with van der Waals surface area (Å²) in [5, 5.41) is 14.1. The van der Waals surface area contributed by atoms with Gasteiger partial charge in [-0.2, -0.15) is 4.31 Å². The van der Waals surface area contributed by atoms with Crippen molar-refractivity contribution >= 4 is 27.1 Å². The fourth-order valence-electron chi connectivity index (χ4n) is 2.88. The summed E-state index contributed by atoms with van der Waals surface area (Å²) < 4.78 is 38.3. The third kappa shape index (κ3) is 4.24. The molecule has 0 saturated carbocycles. The summed E-state index contributed by atoms with van der Waals surface area (Å²) in [6.07, 6.45) is 0. The predicted octanol–water partition coefficient (Wildman–Crippen LogP) is 2.76. The Morgan fingerprint density at radius 3 is 2.61 bits per heavy atom. The number of nitro groups is 1. The minimum absolute atomic E-state index is 0.0137. The molecule has 3 rings (SSSR count). The van der Waals surface area contributed by atoms with Gasteiger partial charge < -0.3 is 14.8 Å². The highest BCUT2D eigenvalue weighted by molar-refractivity contribution is 7.89. The van der Waals surface area contributed by atoms with Crippen LogP contribution in [0.1, 0.15) is 6.92 Å². The van der Waals surface area contributed by atoms with Gasteiger partial charge in [-0.05, 0) is 31.2 Å². The SMILES string of the molecule is CCOc1ccc(Nc2ccccc2[N+](=O)[O-])cc1S(=O)(=O)N1CCOCC1. The molecule has 1 saturated heterocycles. The highest BCUT2D eigenvalue weighted by Crippen LogP contribution is 2.33. The summed E-state index contributed by atoms with van der Waals surface area (Å²) >= 11 is 0. The largest absolute Gasteiger partial charge is 0.492 e. The number of morpholine rings is 1. The molecule has 0 aromatic heterocycles. The molecule has 10 heteroatoms. The summed E-state index contributed by atoms with van der Waals surface area (Å²) in [4.78, 5) is 10.7. The number of hydrogen-bond acceptors (Lipinski definition) is 7. The maximum absolute atomic E-state index is 13.1. The van der Waals surface area contributed by atoms with E-state index in [1.807, 2.05) is 0 Å². The third-order valence-corrected chi connectivity index (χ3v) is 6.13. The zero-order valence-corrected chi connectivity index (χ0v) is 16.1. The monoisotopic (exact) mass is 407 g/mol. The highest BCUT2D eigenvalue weighted by Gasteiger charge is 2.29. The Morgan fingerprint density at radius 2 is 1.93 bits per heavy atom. The fourth-order valence-corrected chi connectivity index (χ4v) is 4.45. The van der Waals surface area contributed by atoms with Crippen LogP contribution in [0.3, 0.4) is 0 Å². The van der Waals surface area contributed by atoms with Crippen LogP contribution in [0, 0.1) is 10.1 Å². The van der Waals surface area contributed by atoms with E-state index >= 15 is 0 Å². The second-order valence-electron chi connectivity index (χ2n) is 6.01. The smallest absolute Gasteiger partial charge is 0.292 e. The molecule has 0 unspecified atom stereocenters. The van der Waals surface area contributed by atoms with Crippen molar-refractivity contribution in [1.82, 2.24) is 4.31 Å². The zero-order valence-electron chi connectivity index (χ0n) is 15.3. The second kappa shape index (κ2) is 8.55. The molecule has 1 N–H and O–H groups in total. The van der Waals surface area contributed by atoms with Gasteiger partial charge in [0, 0.05) is 24.8 Å². The molecule has 0 spiro atoms. The Hall–Kier alpha value is -2.69. The molecule has 0 atom stereocenters. The summed E-state index contributed by atoms with van der Waals surface area (Å²) in [7, 11) is -3.80. The molecule has 0 amide bonds. The molecule has 1 heterocycles. The van der Waals surface area contributed by atoms with Gasteiger partial charge in [-0.3, -0.25) is 10.1 Å². The quantitative estimate of drug-likeness (QED) is 0.555. The number of nitrogens with one attached hydrogen (secondary N) is 1. The lowest BCUT2D eigenvalue weighted by atomic mass is 10.2. The number of nitro benzene ring substituents is 1. The first-order valence-electron chi connectivity index (χ1n) is 8.78. The van der Waals surface area contributed by atoms with Gasteiger partial charge in [0.15, 0.2) is 0 Å². The van der Waals surface area contributed by atoms with E-state index in [1.165, 1.54) is 16.4 Å².